The van der Waals surface area contributed by atoms with Crippen molar-refractivity contribution in [3.05, 3.63) is 0 Å². The summed E-state index contributed by atoms with van der Waals surface area (Å²) in [5, 5.41) is 0. The number of hydrogen-bond donors (Lipinski definition) is 1. The van der Waals surface area contributed by atoms with Gasteiger partial charge in [0.05, 0.1) is 12.6 Å². The third-order valence-corrected chi connectivity index (χ3v) is 2.35. The van der Waals surface area contributed by atoms with Crippen LogP contribution in [0, 0.1) is 5.92 Å². The van der Waals surface area contributed by atoms with Gasteiger partial charge in [0.15, 0.2) is 0 Å². The molecule has 1 saturated heterocycles. The summed E-state index contributed by atoms with van der Waals surface area (Å²) in [5.41, 5.74) is 5.51. The van der Waals surface area contributed by atoms with Gasteiger partial charge in [0, 0.05) is 6.54 Å². The lowest BCUT2D eigenvalue weighted by molar-refractivity contribution is -0.147. The molecule has 2 atom stereocenters. The maximum Gasteiger partial charge on any atom is 0.248 e. The Kier molecular flexibility index (Phi) is 3.69. The second kappa shape index (κ2) is 4.58. The molecule has 76 valence electrons. The molecule has 1 rings (SSSR count). The van der Waals surface area contributed by atoms with Gasteiger partial charge in [-0.2, -0.15) is 0 Å². The molecular weight excluding hydrogens is 168 g/mol. The Morgan fingerprint density at radius 3 is 3.00 bits per heavy atom. The Bertz CT molecular complexity index is 184. The average molecular weight is 186 g/mol. The molecular formula is C9H18N2O2. The smallest absolute Gasteiger partial charge is 0.248 e. The molecule has 1 aliphatic heterocycles. The Hall–Kier alpha value is -0.610. The third kappa shape index (κ3) is 2.67. The van der Waals surface area contributed by atoms with E-state index in [-0.39, 0.29) is 18.6 Å². The minimum Gasteiger partial charge on any atom is -0.370 e. The van der Waals surface area contributed by atoms with Crippen molar-refractivity contribution in [1.29, 1.82) is 0 Å². The van der Waals surface area contributed by atoms with Gasteiger partial charge in [0.1, 0.15) is 6.61 Å². The predicted molar refractivity (Wildman–Crippen MR) is 50.2 cm³/mol. The highest BCUT2D eigenvalue weighted by Crippen LogP contribution is 2.09. The second-order valence-corrected chi connectivity index (χ2v) is 3.75. The first kappa shape index (κ1) is 10.5. The maximum absolute atomic E-state index is 11.4. The van der Waals surface area contributed by atoms with E-state index in [9.17, 15) is 4.79 Å². The minimum atomic E-state index is 0.0825. The number of morpholine rings is 1. The molecule has 0 aromatic heterocycles. The van der Waals surface area contributed by atoms with Crippen LogP contribution in [0.15, 0.2) is 0 Å². The van der Waals surface area contributed by atoms with Crippen LogP contribution in [-0.4, -0.2) is 43.2 Å². The largest absolute Gasteiger partial charge is 0.370 e. The van der Waals surface area contributed by atoms with Crippen molar-refractivity contribution >= 4 is 5.91 Å². The summed E-state index contributed by atoms with van der Waals surface area (Å²) in [6.07, 6.45) is 0. The quantitative estimate of drug-likeness (QED) is 0.665. The zero-order valence-electron chi connectivity index (χ0n) is 8.32. The van der Waals surface area contributed by atoms with Gasteiger partial charge in [-0.05, 0) is 19.4 Å². The number of rotatable bonds is 3. The first-order chi connectivity index (χ1) is 6.15. The number of hydrogen-bond acceptors (Lipinski definition) is 3. The van der Waals surface area contributed by atoms with Crippen molar-refractivity contribution in [3.8, 4) is 0 Å². The van der Waals surface area contributed by atoms with Crippen LogP contribution in [0.2, 0.25) is 0 Å². The lowest BCUT2D eigenvalue weighted by atomic mass is 10.1. The monoisotopic (exact) mass is 186 g/mol. The Morgan fingerprint density at radius 1 is 1.77 bits per heavy atom. The van der Waals surface area contributed by atoms with Crippen molar-refractivity contribution < 1.29 is 9.53 Å². The summed E-state index contributed by atoms with van der Waals surface area (Å²) >= 11 is 0. The number of amides is 1. The lowest BCUT2D eigenvalue weighted by Crippen LogP contribution is -2.50. The number of nitrogens with zero attached hydrogens (tertiary/aromatic N) is 1. The van der Waals surface area contributed by atoms with Crippen molar-refractivity contribution in [1.82, 2.24) is 4.90 Å². The standard InChI is InChI=1S/C9H18N2O2/c1-7(3-10)4-11-8(2)5-13-6-9(11)12/h7-8H,3-6,10H2,1-2H3. The van der Waals surface area contributed by atoms with E-state index in [4.69, 9.17) is 10.5 Å². The summed E-state index contributed by atoms with van der Waals surface area (Å²) in [6, 6.07) is 0.190. The molecule has 1 heterocycles. The number of carbonyl (C=O) groups is 1. The highest BCUT2D eigenvalue weighted by Gasteiger charge is 2.25. The summed E-state index contributed by atoms with van der Waals surface area (Å²) in [6.45, 7) is 6.29. The molecule has 0 spiro atoms. The number of ether oxygens (including phenoxy) is 1. The van der Waals surface area contributed by atoms with Gasteiger partial charge in [0.2, 0.25) is 5.91 Å². The van der Waals surface area contributed by atoms with Crippen molar-refractivity contribution in [3.63, 3.8) is 0 Å². The van der Waals surface area contributed by atoms with E-state index < -0.39 is 0 Å². The molecule has 4 heteroatoms. The summed E-state index contributed by atoms with van der Waals surface area (Å²) in [7, 11) is 0. The van der Waals surface area contributed by atoms with Crippen molar-refractivity contribution in [2.45, 2.75) is 19.9 Å². The summed E-state index contributed by atoms with van der Waals surface area (Å²) in [5.74, 6) is 0.448. The van der Waals surface area contributed by atoms with Gasteiger partial charge in [-0.1, -0.05) is 6.92 Å². The Balaban J connectivity index is 2.48. The van der Waals surface area contributed by atoms with Crippen LogP contribution in [0.5, 0.6) is 0 Å². The first-order valence-corrected chi connectivity index (χ1v) is 4.72. The molecule has 2 N–H and O–H groups in total. The minimum absolute atomic E-state index is 0.0825. The van der Waals surface area contributed by atoms with Crippen LogP contribution in [0.4, 0.5) is 0 Å². The molecule has 0 aromatic rings. The fourth-order valence-electron chi connectivity index (χ4n) is 1.43. The third-order valence-electron chi connectivity index (χ3n) is 2.35. The molecule has 0 aliphatic carbocycles. The lowest BCUT2D eigenvalue weighted by Gasteiger charge is -2.34. The summed E-state index contributed by atoms with van der Waals surface area (Å²) < 4.78 is 5.12. The van der Waals surface area contributed by atoms with E-state index in [0.29, 0.717) is 19.1 Å². The zero-order chi connectivity index (χ0) is 9.84. The second-order valence-electron chi connectivity index (χ2n) is 3.75. The van der Waals surface area contributed by atoms with Gasteiger partial charge >= 0.3 is 0 Å². The van der Waals surface area contributed by atoms with Crippen LogP contribution in [0.3, 0.4) is 0 Å². The van der Waals surface area contributed by atoms with Gasteiger partial charge in [-0.3, -0.25) is 4.79 Å². The molecule has 1 fully saturated rings. The van der Waals surface area contributed by atoms with Crippen LogP contribution in [0.25, 0.3) is 0 Å². The van der Waals surface area contributed by atoms with Crippen LogP contribution in [-0.2, 0) is 9.53 Å². The number of nitrogens with two attached hydrogens (primary N) is 1. The van der Waals surface area contributed by atoms with E-state index in [2.05, 4.69) is 6.92 Å². The fourth-order valence-corrected chi connectivity index (χ4v) is 1.43. The molecule has 4 nitrogen and oxygen atoms in total. The molecule has 13 heavy (non-hydrogen) atoms. The van der Waals surface area contributed by atoms with E-state index in [0.717, 1.165) is 6.54 Å². The molecule has 0 saturated carbocycles. The molecule has 2 unspecified atom stereocenters. The topological polar surface area (TPSA) is 55.6 Å². The predicted octanol–water partition coefficient (Wildman–Crippen LogP) is -0.171. The van der Waals surface area contributed by atoms with E-state index in [1.165, 1.54) is 0 Å². The first-order valence-electron chi connectivity index (χ1n) is 4.72. The Labute approximate surface area is 79.0 Å². The zero-order valence-corrected chi connectivity index (χ0v) is 8.32. The van der Waals surface area contributed by atoms with Crippen LogP contribution < -0.4 is 5.73 Å². The molecule has 0 aromatic carbocycles. The van der Waals surface area contributed by atoms with Crippen LogP contribution in [0.1, 0.15) is 13.8 Å². The van der Waals surface area contributed by atoms with Crippen LogP contribution >= 0.6 is 0 Å². The van der Waals surface area contributed by atoms with Gasteiger partial charge in [0.25, 0.3) is 0 Å². The molecule has 1 amide bonds. The van der Waals surface area contributed by atoms with E-state index in [1.54, 1.807) is 0 Å². The Morgan fingerprint density at radius 2 is 2.46 bits per heavy atom. The van der Waals surface area contributed by atoms with E-state index >= 15 is 0 Å². The van der Waals surface area contributed by atoms with Gasteiger partial charge in [-0.15, -0.1) is 0 Å². The SMILES string of the molecule is CC(CN)CN1C(=O)COCC1C. The highest BCUT2D eigenvalue weighted by atomic mass is 16.5. The highest BCUT2D eigenvalue weighted by molar-refractivity contribution is 5.78. The number of carbonyl (C=O) groups excluding carboxylic acids is 1. The van der Waals surface area contributed by atoms with Gasteiger partial charge < -0.3 is 15.4 Å². The van der Waals surface area contributed by atoms with Crippen molar-refractivity contribution in [2.75, 3.05) is 26.3 Å². The van der Waals surface area contributed by atoms with Gasteiger partial charge in [-0.25, -0.2) is 0 Å². The average Bonchev–Trinajstić information content (AvgIpc) is 2.11. The van der Waals surface area contributed by atoms with E-state index in [1.807, 2.05) is 11.8 Å². The molecule has 1 aliphatic rings. The maximum atomic E-state index is 11.4. The molecule has 0 radical (unpaired) electrons. The fraction of sp³-hybridized carbons (Fsp3) is 0.889. The van der Waals surface area contributed by atoms with Crippen molar-refractivity contribution in [2.24, 2.45) is 11.7 Å². The normalized spacial score (nSPS) is 26.2. The summed E-state index contributed by atoms with van der Waals surface area (Å²) in [4.78, 5) is 13.3. The molecule has 0 bridgehead atoms.